The SMILES string of the molecule is Cc1ccc(NC(=S)N2CCN(S(=O)(=O)c3ccc(Cl)cc3)CC2)cc1. The van der Waals surface area contributed by atoms with Gasteiger partial charge in [0.25, 0.3) is 0 Å². The van der Waals surface area contributed by atoms with Crippen LogP contribution in [0.2, 0.25) is 5.02 Å². The van der Waals surface area contributed by atoms with Crippen LogP contribution in [0.1, 0.15) is 5.56 Å². The van der Waals surface area contributed by atoms with Crippen LogP contribution in [-0.2, 0) is 10.0 Å². The zero-order valence-corrected chi connectivity index (χ0v) is 16.7. The van der Waals surface area contributed by atoms with Gasteiger partial charge in [-0.15, -0.1) is 0 Å². The quantitative estimate of drug-likeness (QED) is 0.788. The Bertz CT molecular complexity index is 876. The summed E-state index contributed by atoms with van der Waals surface area (Å²) in [6.07, 6.45) is 0. The zero-order valence-electron chi connectivity index (χ0n) is 14.4. The summed E-state index contributed by atoms with van der Waals surface area (Å²) in [5.41, 5.74) is 2.11. The van der Waals surface area contributed by atoms with Crippen molar-refractivity contribution in [3.63, 3.8) is 0 Å². The summed E-state index contributed by atoms with van der Waals surface area (Å²) in [5, 5.41) is 4.33. The molecule has 0 aliphatic carbocycles. The maximum absolute atomic E-state index is 12.7. The molecule has 1 N–H and O–H groups in total. The Morgan fingerprint density at radius 3 is 2.15 bits per heavy atom. The molecule has 0 saturated carbocycles. The number of thiocarbonyl (C=S) groups is 1. The van der Waals surface area contributed by atoms with Crippen LogP contribution >= 0.6 is 23.8 Å². The van der Waals surface area contributed by atoms with Crippen molar-refractivity contribution in [1.82, 2.24) is 9.21 Å². The Morgan fingerprint density at radius 2 is 1.58 bits per heavy atom. The lowest BCUT2D eigenvalue weighted by atomic mass is 10.2. The molecule has 0 aromatic heterocycles. The Balaban J connectivity index is 1.60. The average molecular weight is 410 g/mol. The highest BCUT2D eigenvalue weighted by Gasteiger charge is 2.29. The molecule has 0 spiro atoms. The monoisotopic (exact) mass is 409 g/mol. The van der Waals surface area contributed by atoms with E-state index in [0.717, 1.165) is 5.69 Å². The molecule has 8 heteroatoms. The van der Waals surface area contributed by atoms with E-state index in [1.807, 2.05) is 36.1 Å². The summed E-state index contributed by atoms with van der Waals surface area (Å²) < 4.78 is 26.9. The molecule has 1 fully saturated rings. The van der Waals surface area contributed by atoms with E-state index in [1.165, 1.54) is 22.0 Å². The minimum atomic E-state index is -3.51. The van der Waals surface area contributed by atoms with Gasteiger partial charge in [-0.05, 0) is 55.5 Å². The van der Waals surface area contributed by atoms with Crippen LogP contribution in [0.3, 0.4) is 0 Å². The maximum Gasteiger partial charge on any atom is 0.243 e. The molecule has 2 aromatic carbocycles. The Morgan fingerprint density at radius 1 is 1.00 bits per heavy atom. The van der Waals surface area contributed by atoms with E-state index in [0.29, 0.717) is 36.3 Å². The fraction of sp³-hybridized carbons (Fsp3) is 0.278. The van der Waals surface area contributed by atoms with Gasteiger partial charge in [0, 0.05) is 36.9 Å². The van der Waals surface area contributed by atoms with E-state index in [-0.39, 0.29) is 4.90 Å². The first-order valence-electron chi connectivity index (χ1n) is 8.24. The molecule has 0 bridgehead atoms. The van der Waals surface area contributed by atoms with Crippen LogP contribution in [0.25, 0.3) is 0 Å². The predicted molar refractivity (Wildman–Crippen MR) is 109 cm³/mol. The lowest BCUT2D eigenvalue weighted by Crippen LogP contribution is -2.51. The summed E-state index contributed by atoms with van der Waals surface area (Å²) in [6.45, 7) is 3.90. The topological polar surface area (TPSA) is 52.6 Å². The number of anilines is 1. The molecule has 1 aliphatic heterocycles. The predicted octanol–water partition coefficient (Wildman–Crippen LogP) is 3.35. The van der Waals surface area contributed by atoms with Gasteiger partial charge in [-0.25, -0.2) is 8.42 Å². The highest BCUT2D eigenvalue weighted by molar-refractivity contribution is 7.89. The molecule has 2 aromatic rings. The van der Waals surface area contributed by atoms with Gasteiger partial charge in [0.05, 0.1) is 4.90 Å². The van der Waals surface area contributed by atoms with Crippen molar-refractivity contribution in [1.29, 1.82) is 0 Å². The number of benzene rings is 2. The van der Waals surface area contributed by atoms with Crippen LogP contribution in [0.15, 0.2) is 53.4 Å². The molecule has 1 heterocycles. The number of sulfonamides is 1. The first-order chi connectivity index (χ1) is 12.4. The van der Waals surface area contributed by atoms with E-state index in [1.54, 1.807) is 12.1 Å². The third-order valence-corrected chi connectivity index (χ3v) is 6.81. The Kier molecular flexibility index (Phi) is 5.82. The third-order valence-electron chi connectivity index (χ3n) is 4.28. The third kappa shape index (κ3) is 4.35. The van der Waals surface area contributed by atoms with E-state index < -0.39 is 10.0 Å². The van der Waals surface area contributed by atoms with Crippen LogP contribution in [0.4, 0.5) is 5.69 Å². The van der Waals surface area contributed by atoms with Crippen LogP contribution in [0, 0.1) is 6.92 Å². The second-order valence-electron chi connectivity index (χ2n) is 6.14. The highest BCUT2D eigenvalue weighted by Crippen LogP contribution is 2.20. The number of nitrogens with one attached hydrogen (secondary N) is 1. The lowest BCUT2D eigenvalue weighted by Gasteiger charge is -2.35. The Hall–Kier alpha value is -1.67. The number of hydrogen-bond donors (Lipinski definition) is 1. The molecule has 0 atom stereocenters. The molecule has 138 valence electrons. The first-order valence-corrected chi connectivity index (χ1v) is 10.5. The minimum absolute atomic E-state index is 0.260. The smallest absolute Gasteiger partial charge is 0.243 e. The number of nitrogens with zero attached hydrogens (tertiary/aromatic N) is 2. The van der Waals surface area contributed by atoms with Crippen LogP contribution in [0.5, 0.6) is 0 Å². The standard InChI is InChI=1S/C18H20ClN3O2S2/c1-14-2-6-16(7-3-14)20-18(25)21-10-12-22(13-11-21)26(23,24)17-8-4-15(19)5-9-17/h2-9H,10-13H2,1H3,(H,20,25). The second-order valence-corrected chi connectivity index (χ2v) is 8.90. The van der Waals surface area contributed by atoms with Gasteiger partial charge in [-0.3, -0.25) is 0 Å². The first kappa shape index (κ1) is 19.1. The van der Waals surface area contributed by atoms with Gasteiger partial charge in [-0.1, -0.05) is 29.3 Å². The van der Waals surface area contributed by atoms with Gasteiger partial charge in [0.1, 0.15) is 0 Å². The molecule has 1 aliphatic rings. The molecular weight excluding hydrogens is 390 g/mol. The normalized spacial score (nSPS) is 15.7. The fourth-order valence-electron chi connectivity index (χ4n) is 2.73. The van der Waals surface area contributed by atoms with Crippen molar-refractivity contribution >= 4 is 44.6 Å². The summed E-state index contributed by atoms with van der Waals surface area (Å²) in [6, 6.07) is 14.2. The fourth-order valence-corrected chi connectivity index (χ4v) is 4.58. The van der Waals surface area contributed by atoms with Crippen molar-refractivity contribution in [2.75, 3.05) is 31.5 Å². The summed E-state index contributed by atoms with van der Waals surface area (Å²) in [5.74, 6) is 0. The molecule has 26 heavy (non-hydrogen) atoms. The molecule has 1 saturated heterocycles. The van der Waals surface area contributed by atoms with Crippen LogP contribution < -0.4 is 5.32 Å². The van der Waals surface area contributed by atoms with Crippen molar-refractivity contribution in [3.8, 4) is 0 Å². The minimum Gasteiger partial charge on any atom is -0.346 e. The average Bonchev–Trinajstić information content (AvgIpc) is 2.64. The van der Waals surface area contributed by atoms with Crippen molar-refractivity contribution < 1.29 is 8.42 Å². The van der Waals surface area contributed by atoms with Crippen LogP contribution in [-0.4, -0.2) is 48.9 Å². The summed E-state index contributed by atoms with van der Waals surface area (Å²) >= 11 is 11.3. The van der Waals surface area contributed by atoms with Crippen molar-refractivity contribution in [2.24, 2.45) is 0 Å². The summed E-state index contributed by atoms with van der Waals surface area (Å²) in [4.78, 5) is 2.25. The van der Waals surface area contributed by atoms with Gasteiger partial charge in [0.15, 0.2) is 5.11 Å². The van der Waals surface area contributed by atoms with E-state index in [9.17, 15) is 8.42 Å². The molecule has 5 nitrogen and oxygen atoms in total. The number of rotatable bonds is 3. The van der Waals surface area contributed by atoms with Gasteiger partial charge >= 0.3 is 0 Å². The number of hydrogen-bond acceptors (Lipinski definition) is 3. The van der Waals surface area contributed by atoms with Gasteiger partial charge < -0.3 is 10.2 Å². The summed E-state index contributed by atoms with van der Waals surface area (Å²) in [7, 11) is -3.51. The zero-order chi connectivity index (χ0) is 18.7. The van der Waals surface area contributed by atoms with E-state index in [2.05, 4.69) is 5.32 Å². The Labute approximate surface area is 164 Å². The molecule has 0 radical (unpaired) electrons. The maximum atomic E-state index is 12.7. The van der Waals surface area contributed by atoms with Crippen molar-refractivity contribution in [3.05, 3.63) is 59.1 Å². The number of aryl methyl sites for hydroxylation is 1. The number of piperazine rings is 1. The molecule has 0 unspecified atom stereocenters. The van der Waals surface area contributed by atoms with Gasteiger partial charge in [0.2, 0.25) is 10.0 Å². The van der Waals surface area contributed by atoms with E-state index in [4.69, 9.17) is 23.8 Å². The highest BCUT2D eigenvalue weighted by atomic mass is 35.5. The molecule has 3 rings (SSSR count). The molecule has 0 amide bonds. The van der Waals surface area contributed by atoms with E-state index >= 15 is 0 Å². The lowest BCUT2D eigenvalue weighted by molar-refractivity contribution is 0.268. The second kappa shape index (κ2) is 7.92. The largest absolute Gasteiger partial charge is 0.346 e. The van der Waals surface area contributed by atoms with Gasteiger partial charge in [-0.2, -0.15) is 4.31 Å². The molecular formula is C18H20ClN3O2S2. The number of halogens is 1. The van der Waals surface area contributed by atoms with Crippen molar-refractivity contribution in [2.45, 2.75) is 11.8 Å².